The number of benzene rings is 3. The first-order chi connectivity index (χ1) is 17.9. The van der Waals surface area contributed by atoms with Gasteiger partial charge >= 0.3 is 0 Å². The lowest BCUT2D eigenvalue weighted by Gasteiger charge is -2.45. The molecule has 2 N–H and O–H groups in total. The molecule has 0 bridgehead atoms. The van der Waals surface area contributed by atoms with Gasteiger partial charge < -0.3 is 24.1 Å². The van der Waals surface area contributed by atoms with Crippen LogP contribution in [0.5, 0.6) is 0 Å². The summed E-state index contributed by atoms with van der Waals surface area (Å²) in [6.07, 6.45) is -3.43. The zero-order valence-electron chi connectivity index (χ0n) is 20.9. The van der Waals surface area contributed by atoms with Crippen LogP contribution < -0.4 is 4.72 Å². The van der Waals surface area contributed by atoms with Crippen LogP contribution in [0.3, 0.4) is 0 Å². The molecule has 5 unspecified atom stereocenters. The predicted octanol–water partition coefficient (Wildman–Crippen LogP) is 3.18. The Balaban J connectivity index is 1.65. The van der Waals surface area contributed by atoms with E-state index in [1.807, 2.05) is 67.6 Å². The maximum atomic E-state index is 13.4. The van der Waals surface area contributed by atoms with Gasteiger partial charge in [0.1, 0.15) is 24.4 Å². The van der Waals surface area contributed by atoms with Gasteiger partial charge in [0.15, 0.2) is 6.29 Å². The van der Waals surface area contributed by atoms with Crippen LogP contribution in [0.2, 0.25) is 0 Å². The van der Waals surface area contributed by atoms with Crippen LogP contribution in [0.4, 0.5) is 0 Å². The average Bonchev–Trinajstić information content (AvgIpc) is 2.92. The molecular formula is C28H33NO7S. The Morgan fingerprint density at radius 2 is 1.38 bits per heavy atom. The number of hydrogen-bond acceptors (Lipinski definition) is 7. The molecule has 0 spiro atoms. The summed E-state index contributed by atoms with van der Waals surface area (Å²) >= 11 is 0. The first-order valence-corrected chi connectivity index (χ1v) is 13.6. The van der Waals surface area contributed by atoms with Gasteiger partial charge in [-0.3, -0.25) is 0 Å². The third kappa shape index (κ3) is 7.03. The first kappa shape index (κ1) is 27.4. The van der Waals surface area contributed by atoms with Crippen LogP contribution in [0.1, 0.15) is 16.7 Å². The van der Waals surface area contributed by atoms with Crippen molar-refractivity contribution in [2.45, 2.75) is 55.7 Å². The molecule has 0 aliphatic carbocycles. The summed E-state index contributed by atoms with van der Waals surface area (Å²) in [5.41, 5.74) is 2.77. The SMILES string of the molecule is COC1OC(CO)C(OCc2ccccc2)C(OCc2ccccc2)C1NS(=O)(=O)c1ccc(C)cc1. The predicted molar refractivity (Wildman–Crippen MR) is 138 cm³/mol. The van der Waals surface area contributed by atoms with E-state index in [1.165, 1.54) is 7.11 Å². The Labute approximate surface area is 218 Å². The highest BCUT2D eigenvalue weighted by molar-refractivity contribution is 7.89. The summed E-state index contributed by atoms with van der Waals surface area (Å²) in [6.45, 7) is 1.96. The molecule has 1 fully saturated rings. The molecule has 0 aromatic heterocycles. The normalized spacial score (nSPS) is 24.1. The zero-order valence-corrected chi connectivity index (χ0v) is 21.7. The van der Waals surface area contributed by atoms with Crippen molar-refractivity contribution in [3.05, 3.63) is 102 Å². The topological polar surface area (TPSA) is 103 Å². The van der Waals surface area contributed by atoms with Crippen molar-refractivity contribution in [3.8, 4) is 0 Å². The van der Waals surface area contributed by atoms with E-state index >= 15 is 0 Å². The monoisotopic (exact) mass is 527 g/mol. The molecule has 1 heterocycles. The quantitative estimate of drug-likeness (QED) is 0.395. The Morgan fingerprint density at radius 3 is 1.89 bits per heavy atom. The Morgan fingerprint density at radius 1 is 0.838 bits per heavy atom. The number of rotatable bonds is 11. The minimum absolute atomic E-state index is 0.112. The van der Waals surface area contributed by atoms with Crippen molar-refractivity contribution >= 4 is 10.0 Å². The highest BCUT2D eigenvalue weighted by atomic mass is 32.2. The lowest BCUT2D eigenvalue weighted by atomic mass is 9.97. The lowest BCUT2D eigenvalue weighted by molar-refractivity contribution is -0.280. The number of aliphatic hydroxyl groups is 1. The molecular weight excluding hydrogens is 494 g/mol. The molecule has 0 radical (unpaired) electrons. The lowest BCUT2D eigenvalue weighted by Crippen LogP contribution is -2.65. The molecule has 8 nitrogen and oxygen atoms in total. The highest BCUT2D eigenvalue weighted by Gasteiger charge is 2.49. The van der Waals surface area contributed by atoms with Crippen molar-refractivity contribution < 1.29 is 32.5 Å². The van der Waals surface area contributed by atoms with Gasteiger partial charge in [-0.05, 0) is 30.2 Å². The van der Waals surface area contributed by atoms with Crippen molar-refractivity contribution in [1.29, 1.82) is 0 Å². The summed E-state index contributed by atoms with van der Waals surface area (Å²) in [5.74, 6) is 0. The van der Waals surface area contributed by atoms with Gasteiger partial charge in [0.05, 0.1) is 24.7 Å². The van der Waals surface area contributed by atoms with Crippen LogP contribution in [0, 0.1) is 6.92 Å². The summed E-state index contributed by atoms with van der Waals surface area (Å²) in [6, 6.07) is 24.7. The number of sulfonamides is 1. The molecule has 1 saturated heterocycles. The molecule has 1 aliphatic rings. The average molecular weight is 528 g/mol. The third-order valence-electron chi connectivity index (χ3n) is 6.25. The number of nitrogens with one attached hydrogen (secondary N) is 1. The van der Waals surface area contributed by atoms with Gasteiger partial charge in [-0.15, -0.1) is 0 Å². The van der Waals surface area contributed by atoms with Crippen molar-refractivity contribution in [3.63, 3.8) is 0 Å². The number of hydrogen-bond donors (Lipinski definition) is 2. The fraction of sp³-hybridized carbons (Fsp3) is 0.357. The van der Waals surface area contributed by atoms with E-state index in [0.29, 0.717) is 0 Å². The fourth-order valence-corrected chi connectivity index (χ4v) is 5.51. The molecule has 198 valence electrons. The van der Waals surface area contributed by atoms with E-state index in [2.05, 4.69) is 4.72 Å². The number of aliphatic hydroxyl groups excluding tert-OH is 1. The second kappa shape index (κ2) is 12.7. The Hall–Kier alpha value is -2.63. The maximum absolute atomic E-state index is 13.4. The van der Waals surface area contributed by atoms with Gasteiger partial charge in [-0.1, -0.05) is 78.4 Å². The van der Waals surface area contributed by atoms with Gasteiger partial charge in [0.25, 0.3) is 0 Å². The molecule has 4 rings (SSSR count). The zero-order chi connectivity index (χ0) is 26.3. The van der Waals surface area contributed by atoms with Gasteiger partial charge in [0, 0.05) is 7.11 Å². The highest BCUT2D eigenvalue weighted by Crippen LogP contribution is 2.29. The molecule has 3 aromatic rings. The van der Waals surface area contributed by atoms with E-state index in [9.17, 15) is 13.5 Å². The summed E-state index contributed by atoms with van der Waals surface area (Å²) < 4.78 is 53.5. The van der Waals surface area contributed by atoms with Crippen molar-refractivity contribution in [1.82, 2.24) is 4.72 Å². The largest absolute Gasteiger partial charge is 0.394 e. The van der Waals surface area contributed by atoms with E-state index in [4.69, 9.17) is 18.9 Å². The van der Waals surface area contributed by atoms with Crippen LogP contribution in [0.25, 0.3) is 0 Å². The minimum Gasteiger partial charge on any atom is -0.394 e. The van der Waals surface area contributed by atoms with Gasteiger partial charge in [-0.25, -0.2) is 13.1 Å². The number of methoxy groups -OCH3 is 1. The standard InChI is InChI=1S/C28H33NO7S/c1-20-13-15-23(16-14-20)37(31,32)29-25-27(35-19-22-11-7-4-8-12-22)26(24(17-30)36-28(25)33-2)34-18-21-9-5-3-6-10-21/h3-16,24-30H,17-19H2,1-2H3. The van der Waals surface area contributed by atoms with Crippen LogP contribution in [0.15, 0.2) is 89.8 Å². The number of ether oxygens (including phenoxy) is 4. The van der Waals surface area contributed by atoms with E-state index in [1.54, 1.807) is 24.3 Å². The van der Waals surface area contributed by atoms with E-state index < -0.39 is 40.7 Å². The molecule has 9 heteroatoms. The van der Waals surface area contributed by atoms with Crippen LogP contribution in [-0.4, -0.2) is 57.9 Å². The van der Waals surface area contributed by atoms with E-state index in [-0.39, 0.29) is 24.7 Å². The molecule has 5 atom stereocenters. The Bertz CT molecular complexity index is 1210. The second-order valence-corrected chi connectivity index (χ2v) is 10.7. The smallest absolute Gasteiger partial charge is 0.241 e. The third-order valence-corrected chi connectivity index (χ3v) is 7.73. The van der Waals surface area contributed by atoms with Gasteiger partial charge in [0.2, 0.25) is 10.0 Å². The fourth-order valence-electron chi connectivity index (χ4n) is 4.28. The molecule has 37 heavy (non-hydrogen) atoms. The maximum Gasteiger partial charge on any atom is 0.241 e. The molecule has 3 aromatic carbocycles. The van der Waals surface area contributed by atoms with Crippen molar-refractivity contribution in [2.24, 2.45) is 0 Å². The van der Waals surface area contributed by atoms with Crippen LogP contribution >= 0.6 is 0 Å². The second-order valence-electron chi connectivity index (χ2n) is 8.94. The summed E-state index contributed by atoms with van der Waals surface area (Å²) in [7, 11) is -2.54. The molecule has 1 aliphatic heterocycles. The van der Waals surface area contributed by atoms with E-state index in [0.717, 1.165) is 16.7 Å². The first-order valence-electron chi connectivity index (χ1n) is 12.1. The molecule has 0 saturated carbocycles. The molecule has 0 amide bonds. The summed E-state index contributed by atoms with van der Waals surface area (Å²) in [5, 5.41) is 10.1. The van der Waals surface area contributed by atoms with Crippen LogP contribution in [-0.2, 0) is 42.2 Å². The van der Waals surface area contributed by atoms with Gasteiger partial charge in [-0.2, -0.15) is 0 Å². The van der Waals surface area contributed by atoms with Crippen molar-refractivity contribution in [2.75, 3.05) is 13.7 Å². The summed E-state index contributed by atoms with van der Waals surface area (Å²) in [4.78, 5) is 0.112. The number of aryl methyl sites for hydroxylation is 1. The Kier molecular flexibility index (Phi) is 9.44. The minimum atomic E-state index is -3.96.